The maximum absolute atomic E-state index is 11.9. The van der Waals surface area contributed by atoms with Crippen LogP contribution in [0.25, 0.3) is 0 Å². The maximum atomic E-state index is 11.9. The molecule has 0 radical (unpaired) electrons. The highest BCUT2D eigenvalue weighted by Gasteiger charge is 2.31. The van der Waals surface area contributed by atoms with Gasteiger partial charge in [0, 0.05) is 0 Å². The van der Waals surface area contributed by atoms with Gasteiger partial charge in [-0.15, -0.1) is 13.2 Å². The minimum Gasteiger partial charge on any atom is -0.406 e. The van der Waals surface area contributed by atoms with Gasteiger partial charge in [-0.2, -0.15) is 0 Å². The number of benzene rings is 1. The van der Waals surface area contributed by atoms with Crippen LogP contribution >= 0.6 is 0 Å². The van der Waals surface area contributed by atoms with Crippen molar-refractivity contribution in [2.75, 3.05) is 0 Å². The first-order valence-corrected chi connectivity index (χ1v) is 4.89. The summed E-state index contributed by atoms with van der Waals surface area (Å²) in [7, 11) is 0. The van der Waals surface area contributed by atoms with Gasteiger partial charge in [0.2, 0.25) is 6.41 Å². The first kappa shape index (κ1) is 14.0. The Bertz CT molecular complexity index is 428. The number of alkyl halides is 3. The fraction of sp³-hybridized carbons (Fsp3) is 0.273. The largest absolute Gasteiger partial charge is 0.573 e. The van der Waals surface area contributed by atoms with Crippen LogP contribution in [-0.4, -0.2) is 18.6 Å². The Morgan fingerprint density at radius 3 is 2.28 bits per heavy atom. The quantitative estimate of drug-likeness (QED) is 0.824. The number of ether oxygens (including phenoxy) is 1. The third-order valence-corrected chi connectivity index (χ3v) is 2.09. The minimum atomic E-state index is -4.76. The van der Waals surface area contributed by atoms with Crippen LogP contribution in [0.2, 0.25) is 0 Å². The molecule has 1 amide bonds. The van der Waals surface area contributed by atoms with Crippen molar-refractivity contribution in [3.05, 3.63) is 29.8 Å². The van der Waals surface area contributed by atoms with Crippen LogP contribution in [0.15, 0.2) is 24.3 Å². The van der Waals surface area contributed by atoms with Gasteiger partial charge in [-0.1, -0.05) is 12.1 Å². The summed E-state index contributed by atoms with van der Waals surface area (Å²) in [4.78, 5) is 21.5. The second-order valence-electron chi connectivity index (χ2n) is 3.45. The summed E-state index contributed by atoms with van der Waals surface area (Å²) in [6.45, 7) is 1.27. The maximum Gasteiger partial charge on any atom is 0.573 e. The Kier molecular flexibility index (Phi) is 4.30. The standard InChI is InChI=1S/C11H10F3NO3/c1-7(17)10(15-6-16)8-2-4-9(5-3-8)18-11(12,13)14/h2-6,10H,1H3,(H,15,16). The Hall–Kier alpha value is -2.05. The van der Waals surface area contributed by atoms with Gasteiger partial charge in [0.1, 0.15) is 11.8 Å². The molecule has 0 aliphatic heterocycles. The second-order valence-corrected chi connectivity index (χ2v) is 3.45. The molecule has 18 heavy (non-hydrogen) atoms. The summed E-state index contributed by atoms with van der Waals surface area (Å²) in [5.41, 5.74) is 0.379. The highest BCUT2D eigenvalue weighted by atomic mass is 19.4. The molecule has 1 unspecified atom stereocenters. The van der Waals surface area contributed by atoms with E-state index >= 15 is 0 Å². The highest BCUT2D eigenvalue weighted by molar-refractivity contribution is 5.84. The molecule has 0 aliphatic carbocycles. The molecule has 0 spiro atoms. The summed E-state index contributed by atoms with van der Waals surface area (Å²) < 4.78 is 39.4. The number of nitrogens with one attached hydrogen (secondary N) is 1. The molecule has 98 valence electrons. The van der Waals surface area contributed by atoms with Gasteiger partial charge in [0.25, 0.3) is 0 Å². The van der Waals surface area contributed by atoms with Gasteiger partial charge in [0.15, 0.2) is 5.78 Å². The van der Waals surface area contributed by atoms with E-state index in [4.69, 9.17) is 0 Å². The number of amides is 1. The smallest absolute Gasteiger partial charge is 0.406 e. The normalized spacial score (nSPS) is 12.7. The molecule has 0 aliphatic rings. The van der Waals surface area contributed by atoms with E-state index in [1.807, 2.05) is 0 Å². The molecule has 1 rings (SSSR count). The molecular formula is C11H10F3NO3. The zero-order valence-electron chi connectivity index (χ0n) is 9.32. The topological polar surface area (TPSA) is 55.4 Å². The second kappa shape index (κ2) is 5.52. The first-order valence-electron chi connectivity index (χ1n) is 4.89. The summed E-state index contributed by atoms with van der Waals surface area (Å²) >= 11 is 0. The number of hydrogen-bond acceptors (Lipinski definition) is 3. The third-order valence-electron chi connectivity index (χ3n) is 2.09. The lowest BCUT2D eigenvalue weighted by atomic mass is 10.0. The van der Waals surface area contributed by atoms with Crippen molar-refractivity contribution in [1.82, 2.24) is 5.32 Å². The molecule has 0 fully saturated rings. The van der Waals surface area contributed by atoms with Crippen LogP contribution in [0.1, 0.15) is 18.5 Å². The molecule has 4 nitrogen and oxygen atoms in total. The van der Waals surface area contributed by atoms with E-state index in [-0.39, 0.29) is 11.5 Å². The van der Waals surface area contributed by atoms with Crippen molar-refractivity contribution >= 4 is 12.2 Å². The van der Waals surface area contributed by atoms with Crippen LogP contribution in [0.3, 0.4) is 0 Å². The summed E-state index contributed by atoms with van der Waals surface area (Å²) in [6.07, 6.45) is -4.41. The Balaban J connectivity index is 2.87. The van der Waals surface area contributed by atoms with Gasteiger partial charge in [-0.3, -0.25) is 9.59 Å². The summed E-state index contributed by atoms with van der Waals surface area (Å²) in [6, 6.07) is 3.84. The van der Waals surface area contributed by atoms with E-state index < -0.39 is 12.4 Å². The molecule has 0 heterocycles. The highest BCUT2D eigenvalue weighted by Crippen LogP contribution is 2.24. The lowest BCUT2D eigenvalue weighted by Crippen LogP contribution is -2.25. The van der Waals surface area contributed by atoms with Crippen LogP contribution in [0.4, 0.5) is 13.2 Å². The lowest BCUT2D eigenvalue weighted by Gasteiger charge is -2.14. The van der Waals surface area contributed by atoms with Crippen molar-refractivity contribution in [2.45, 2.75) is 19.3 Å². The van der Waals surface area contributed by atoms with E-state index in [1.165, 1.54) is 19.1 Å². The number of Topliss-reactive ketones (excluding diaryl/α,β-unsaturated/α-hetero) is 1. The third kappa shape index (κ3) is 4.08. The Morgan fingerprint density at radius 1 is 1.33 bits per heavy atom. The van der Waals surface area contributed by atoms with Crippen molar-refractivity contribution in [3.63, 3.8) is 0 Å². The average Bonchev–Trinajstić information content (AvgIpc) is 2.25. The van der Waals surface area contributed by atoms with Crippen LogP contribution in [-0.2, 0) is 9.59 Å². The van der Waals surface area contributed by atoms with E-state index in [2.05, 4.69) is 10.1 Å². The zero-order valence-corrected chi connectivity index (χ0v) is 9.32. The predicted molar refractivity (Wildman–Crippen MR) is 55.7 cm³/mol. The fourth-order valence-electron chi connectivity index (χ4n) is 1.38. The van der Waals surface area contributed by atoms with E-state index in [9.17, 15) is 22.8 Å². The SMILES string of the molecule is CC(=O)C(NC=O)c1ccc(OC(F)(F)F)cc1. The van der Waals surface area contributed by atoms with E-state index in [1.54, 1.807) is 0 Å². The minimum absolute atomic E-state index is 0.327. The molecule has 1 N–H and O–H groups in total. The van der Waals surface area contributed by atoms with Crippen molar-refractivity contribution in [3.8, 4) is 5.75 Å². The molecule has 0 saturated heterocycles. The van der Waals surface area contributed by atoms with E-state index in [0.717, 1.165) is 12.1 Å². The number of halogens is 3. The van der Waals surface area contributed by atoms with Crippen molar-refractivity contribution in [2.24, 2.45) is 0 Å². The number of ketones is 1. The zero-order chi connectivity index (χ0) is 13.8. The summed E-state index contributed by atoms with van der Waals surface area (Å²) in [5.74, 6) is -0.716. The molecule has 0 aromatic heterocycles. The molecule has 1 atom stereocenters. The predicted octanol–water partition coefficient (Wildman–Crippen LogP) is 1.96. The molecule has 1 aromatic rings. The molecule has 1 aromatic carbocycles. The van der Waals surface area contributed by atoms with Gasteiger partial charge in [-0.25, -0.2) is 0 Å². The molecule has 7 heteroatoms. The molecule has 0 saturated carbocycles. The number of carbonyl (C=O) groups excluding carboxylic acids is 2. The number of rotatable bonds is 5. The van der Waals surface area contributed by atoms with Crippen LogP contribution in [0, 0.1) is 0 Å². The Labute approximate surface area is 101 Å². The van der Waals surface area contributed by atoms with Gasteiger partial charge in [-0.05, 0) is 24.6 Å². The van der Waals surface area contributed by atoms with Crippen LogP contribution in [0.5, 0.6) is 5.75 Å². The first-order chi connectivity index (χ1) is 8.33. The van der Waals surface area contributed by atoms with Gasteiger partial charge in [0.05, 0.1) is 0 Å². The van der Waals surface area contributed by atoms with Crippen molar-refractivity contribution in [1.29, 1.82) is 0 Å². The van der Waals surface area contributed by atoms with E-state index in [0.29, 0.717) is 12.0 Å². The fourth-order valence-corrected chi connectivity index (χ4v) is 1.38. The van der Waals surface area contributed by atoms with Crippen LogP contribution < -0.4 is 10.1 Å². The monoisotopic (exact) mass is 261 g/mol. The van der Waals surface area contributed by atoms with Gasteiger partial charge < -0.3 is 10.1 Å². The lowest BCUT2D eigenvalue weighted by molar-refractivity contribution is -0.274. The summed E-state index contributed by atoms with van der Waals surface area (Å²) in [5, 5.41) is 2.27. The molecular weight excluding hydrogens is 251 g/mol. The molecule has 0 bridgehead atoms. The number of hydrogen-bond donors (Lipinski definition) is 1. The Morgan fingerprint density at radius 2 is 1.89 bits per heavy atom. The number of carbonyl (C=O) groups is 2. The van der Waals surface area contributed by atoms with Crippen molar-refractivity contribution < 1.29 is 27.5 Å². The van der Waals surface area contributed by atoms with Gasteiger partial charge >= 0.3 is 6.36 Å². The average molecular weight is 261 g/mol.